The smallest absolute Gasteiger partial charge is 0.320 e. The maximum atomic E-state index is 13.5. The predicted octanol–water partition coefficient (Wildman–Crippen LogP) is 4.49. The van der Waals surface area contributed by atoms with E-state index in [4.69, 9.17) is 30.5 Å². The van der Waals surface area contributed by atoms with Crippen LogP contribution in [0.3, 0.4) is 0 Å². The highest BCUT2D eigenvalue weighted by atomic mass is 35.5. The Kier molecular flexibility index (Phi) is 8.80. The number of urea groups is 1. The Morgan fingerprint density at radius 2 is 1.87 bits per heavy atom. The first kappa shape index (κ1) is 27.2. The Labute approximate surface area is 230 Å². The molecule has 12 heteroatoms. The summed E-state index contributed by atoms with van der Waals surface area (Å²) in [5, 5.41) is 3.82. The van der Waals surface area contributed by atoms with Gasteiger partial charge in [-0.05, 0) is 24.3 Å². The number of ether oxygens (including phenoxy) is 4. The number of fused-ring (bicyclic) bond motifs is 1. The van der Waals surface area contributed by atoms with Crippen molar-refractivity contribution >= 4 is 40.2 Å². The summed E-state index contributed by atoms with van der Waals surface area (Å²) in [7, 11) is 1.61. The lowest BCUT2D eigenvalue weighted by Crippen LogP contribution is -2.51. The minimum Gasteiger partial charge on any atom is -0.487 e. The number of rotatable bonds is 8. The molecular weight excluding hydrogens is 529 g/mol. The Morgan fingerprint density at radius 3 is 2.62 bits per heavy atom. The lowest BCUT2D eigenvalue weighted by Gasteiger charge is -2.37. The highest BCUT2D eigenvalue weighted by Gasteiger charge is 2.28. The lowest BCUT2D eigenvalue weighted by atomic mass is 10.1. The van der Waals surface area contributed by atoms with Crippen LogP contribution in [0, 0.1) is 5.82 Å². The van der Waals surface area contributed by atoms with E-state index in [0.717, 1.165) is 5.39 Å². The van der Waals surface area contributed by atoms with Gasteiger partial charge in [0.05, 0.1) is 30.4 Å². The van der Waals surface area contributed by atoms with Crippen LogP contribution in [-0.4, -0.2) is 91.6 Å². The van der Waals surface area contributed by atoms with Crippen molar-refractivity contribution in [3.63, 3.8) is 0 Å². The number of methoxy groups -OCH3 is 1. The van der Waals surface area contributed by atoms with E-state index in [1.54, 1.807) is 19.4 Å². The summed E-state index contributed by atoms with van der Waals surface area (Å²) in [5.74, 6) is 0.965. The van der Waals surface area contributed by atoms with Gasteiger partial charge in [0.15, 0.2) is 11.5 Å². The fourth-order valence-corrected chi connectivity index (χ4v) is 4.72. The first-order valence-corrected chi connectivity index (χ1v) is 13.3. The summed E-state index contributed by atoms with van der Waals surface area (Å²) in [6.07, 6.45) is 3.05. The third kappa shape index (κ3) is 6.78. The lowest BCUT2D eigenvalue weighted by molar-refractivity contribution is 0.0357. The molecule has 2 amide bonds. The van der Waals surface area contributed by atoms with Crippen molar-refractivity contribution in [2.75, 3.05) is 65.0 Å². The van der Waals surface area contributed by atoms with Crippen LogP contribution in [0.5, 0.6) is 11.5 Å². The summed E-state index contributed by atoms with van der Waals surface area (Å²) in [5.41, 5.74) is 1.21. The Balaban J connectivity index is 1.29. The zero-order valence-electron chi connectivity index (χ0n) is 21.7. The highest BCUT2D eigenvalue weighted by Crippen LogP contribution is 2.34. The van der Waals surface area contributed by atoms with E-state index in [-0.39, 0.29) is 17.2 Å². The number of amides is 2. The average molecular weight is 560 g/mol. The van der Waals surface area contributed by atoms with Crippen molar-refractivity contribution in [3.8, 4) is 11.5 Å². The number of anilines is 2. The second-order valence-corrected chi connectivity index (χ2v) is 9.74. The molecule has 2 saturated heterocycles. The molecule has 3 aromatic rings. The molecule has 5 rings (SSSR count). The van der Waals surface area contributed by atoms with Crippen molar-refractivity contribution in [2.45, 2.75) is 18.9 Å². The van der Waals surface area contributed by atoms with E-state index in [9.17, 15) is 9.18 Å². The van der Waals surface area contributed by atoms with E-state index in [0.29, 0.717) is 94.1 Å². The molecule has 1 aromatic heterocycles. The minimum atomic E-state index is -0.499. The van der Waals surface area contributed by atoms with E-state index in [2.05, 4.69) is 15.3 Å². The standard InChI is InChI=1S/C27H31ClFN5O5/c1-36-12-13-38-24-16-23-18(17-30-26(32-23)31-19-2-3-22(29)21(28)15-19)14-25(24)39-20-4-6-33(7-5-20)27(35)34-8-10-37-11-9-34/h2-3,14-17,20H,4-13H2,1H3,(H,30,31,32). The summed E-state index contributed by atoms with van der Waals surface area (Å²) >= 11 is 5.89. The largest absolute Gasteiger partial charge is 0.487 e. The van der Waals surface area contributed by atoms with E-state index in [1.165, 1.54) is 12.1 Å². The third-order valence-corrected chi connectivity index (χ3v) is 6.94. The van der Waals surface area contributed by atoms with Crippen LogP contribution in [0.1, 0.15) is 12.8 Å². The van der Waals surface area contributed by atoms with Gasteiger partial charge in [0.2, 0.25) is 5.95 Å². The van der Waals surface area contributed by atoms with E-state index in [1.807, 2.05) is 21.9 Å². The molecule has 0 aliphatic carbocycles. The molecule has 2 fully saturated rings. The predicted molar refractivity (Wildman–Crippen MR) is 145 cm³/mol. The minimum absolute atomic E-state index is 0.00713. The number of carbonyl (C=O) groups excluding carboxylic acids is 1. The molecule has 0 radical (unpaired) electrons. The molecule has 0 bridgehead atoms. The quantitative estimate of drug-likeness (QED) is 0.403. The summed E-state index contributed by atoms with van der Waals surface area (Å²) < 4.78 is 36.4. The van der Waals surface area contributed by atoms with E-state index >= 15 is 0 Å². The monoisotopic (exact) mass is 559 g/mol. The molecule has 2 aliphatic rings. The number of nitrogens with one attached hydrogen (secondary N) is 1. The van der Waals surface area contributed by atoms with Gasteiger partial charge in [-0.2, -0.15) is 0 Å². The maximum absolute atomic E-state index is 13.5. The number of likely N-dealkylation sites (tertiary alicyclic amines) is 1. The Bertz CT molecular complexity index is 1300. The van der Waals surface area contributed by atoms with Crippen LogP contribution in [0.25, 0.3) is 10.9 Å². The molecule has 2 aliphatic heterocycles. The number of nitrogens with zero attached hydrogens (tertiary/aromatic N) is 4. The zero-order valence-corrected chi connectivity index (χ0v) is 22.5. The number of hydrogen-bond donors (Lipinski definition) is 1. The molecule has 0 atom stereocenters. The van der Waals surface area contributed by atoms with Gasteiger partial charge < -0.3 is 34.1 Å². The normalized spacial score (nSPS) is 16.4. The first-order chi connectivity index (χ1) is 19.0. The summed E-state index contributed by atoms with van der Waals surface area (Å²) in [4.78, 5) is 25.5. The van der Waals surface area contributed by atoms with Gasteiger partial charge in [-0.3, -0.25) is 0 Å². The van der Waals surface area contributed by atoms with Crippen molar-refractivity contribution in [3.05, 3.63) is 47.4 Å². The van der Waals surface area contributed by atoms with Crippen LogP contribution in [0.2, 0.25) is 5.02 Å². The first-order valence-electron chi connectivity index (χ1n) is 12.9. The van der Waals surface area contributed by atoms with Crippen LogP contribution >= 0.6 is 11.6 Å². The molecular formula is C27H31ClFN5O5. The molecule has 0 spiro atoms. The molecule has 39 heavy (non-hydrogen) atoms. The van der Waals surface area contributed by atoms with Crippen LogP contribution in [0.4, 0.5) is 20.8 Å². The molecule has 208 valence electrons. The SMILES string of the molecule is COCCOc1cc2nc(Nc3ccc(F)c(Cl)c3)ncc2cc1OC1CCN(C(=O)N2CCOCC2)CC1. The van der Waals surface area contributed by atoms with E-state index < -0.39 is 5.82 Å². The average Bonchev–Trinajstić information content (AvgIpc) is 2.96. The van der Waals surface area contributed by atoms with Gasteiger partial charge in [-0.1, -0.05) is 11.6 Å². The molecule has 1 N–H and O–H groups in total. The molecule has 10 nitrogen and oxygen atoms in total. The second-order valence-electron chi connectivity index (χ2n) is 9.33. The summed E-state index contributed by atoms with van der Waals surface area (Å²) in [6, 6.07) is 8.05. The number of piperidine rings is 1. The third-order valence-electron chi connectivity index (χ3n) is 6.65. The van der Waals surface area contributed by atoms with Crippen LogP contribution in [-0.2, 0) is 9.47 Å². The van der Waals surface area contributed by atoms with Crippen LogP contribution in [0.15, 0.2) is 36.5 Å². The molecule has 3 heterocycles. The van der Waals surface area contributed by atoms with Crippen molar-refractivity contribution in [2.24, 2.45) is 0 Å². The fraction of sp³-hybridized carbons (Fsp3) is 0.444. The van der Waals surface area contributed by atoms with Crippen molar-refractivity contribution < 1.29 is 28.1 Å². The van der Waals surface area contributed by atoms with Gasteiger partial charge in [0, 0.05) is 69.5 Å². The number of benzene rings is 2. The van der Waals surface area contributed by atoms with Crippen molar-refractivity contribution in [1.82, 2.24) is 19.8 Å². The number of carbonyl (C=O) groups is 1. The van der Waals surface area contributed by atoms with Gasteiger partial charge in [0.25, 0.3) is 0 Å². The van der Waals surface area contributed by atoms with Gasteiger partial charge >= 0.3 is 6.03 Å². The number of hydrogen-bond acceptors (Lipinski definition) is 8. The van der Waals surface area contributed by atoms with Crippen LogP contribution < -0.4 is 14.8 Å². The van der Waals surface area contributed by atoms with Gasteiger partial charge in [0.1, 0.15) is 18.5 Å². The zero-order chi connectivity index (χ0) is 27.2. The number of aromatic nitrogens is 2. The highest BCUT2D eigenvalue weighted by molar-refractivity contribution is 6.31. The second kappa shape index (κ2) is 12.6. The molecule has 0 saturated carbocycles. The summed E-state index contributed by atoms with van der Waals surface area (Å²) in [6.45, 7) is 4.44. The number of halogens is 2. The van der Waals surface area contributed by atoms with Gasteiger partial charge in [-0.25, -0.2) is 19.2 Å². The molecule has 0 unspecified atom stereocenters. The maximum Gasteiger partial charge on any atom is 0.320 e. The Morgan fingerprint density at radius 1 is 1.10 bits per heavy atom. The molecule has 2 aromatic carbocycles. The van der Waals surface area contributed by atoms with Gasteiger partial charge in [-0.15, -0.1) is 0 Å². The Hall–Kier alpha value is -3.41. The number of morpholine rings is 1. The fourth-order valence-electron chi connectivity index (χ4n) is 4.54. The van der Waals surface area contributed by atoms with Crippen molar-refractivity contribution in [1.29, 1.82) is 0 Å². The topological polar surface area (TPSA) is 98.3 Å².